The summed E-state index contributed by atoms with van der Waals surface area (Å²) in [5, 5.41) is 8.93. The molecule has 0 aliphatic heterocycles. The predicted octanol–water partition coefficient (Wildman–Crippen LogP) is -1.67. The highest BCUT2D eigenvalue weighted by atomic mass is 35.5. The molecule has 0 aromatic carbocycles. The number of aliphatic hydroxyl groups excluding tert-OH is 1. The van der Waals surface area contributed by atoms with Crippen molar-refractivity contribution >= 4 is 11.3 Å². The van der Waals surface area contributed by atoms with E-state index in [4.69, 9.17) is 5.11 Å². The van der Waals surface area contributed by atoms with E-state index in [0.29, 0.717) is 0 Å². The molecule has 17 heavy (non-hydrogen) atoms. The summed E-state index contributed by atoms with van der Waals surface area (Å²) in [6.45, 7) is 3.16. The minimum atomic E-state index is 0. The van der Waals surface area contributed by atoms with E-state index in [2.05, 4.69) is 28.1 Å². The maximum Gasteiger partial charge on any atom is 0.225 e. The van der Waals surface area contributed by atoms with Gasteiger partial charge >= 0.3 is 0 Å². The minimum Gasteiger partial charge on any atom is -1.00 e. The Morgan fingerprint density at radius 2 is 2.29 bits per heavy atom. The number of aliphatic hydroxyl groups is 1. The van der Waals surface area contributed by atoms with Crippen molar-refractivity contribution in [3.05, 3.63) is 46.2 Å². The first-order chi connectivity index (χ1) is 7.81. The molecule has 2 rings (SSSR count). The smallest absolute Gasteiger partial charge is 0.225 e. The maximum absolute atomic E-state index is 8.93. The third-order valence-corrected chi connectivity index (χ3v) is 3.72. The Kier molecular flexibility index (Phi) is 5.55. The second-order valence-corrected chi connectivity index (χ2v) is 4.63. The van der Waals surface area contributed by atoms with Crippen molar-refractivity contribution in [1.82, 2.24) is 4.98 Å². The zero-order valence-corrected chi connectivity index (χ0v) is 11.2. The second kappa shape index (κ2) is 6.69. The molecular weight excluding hydrogens is 256 g/mol. The summed E-state index contributed by atoms with van der Waals surface area (Å²) in [6, 6.07) is 4.02. The molecule has 0 unspecified atom stereocenters. The average Bonchev–Trinajstić information content (AvgIpc) is 2.64. The van der Waals surface area contributed by atoms with Crippen LogP contribution in [0.4, 0.5) is 0 Å². The van der Waals surface area contributed by atoms with Crippen molar-refractivity contribution in [2.75, 3.05) is 6.61 Å². The van der Waals surface area contributed by atoms with E-state index in [1.165, 1.54) is 16.1 Å². The lowest BCUT2D eigenvalue weighted by molar-refractivity contribution is -0.689. The zero-order valence-electron chi connectivity index (χ0n) is 9.64. The van der Waals surface area contributed by atoms with Gasteiger partial charge in [-0.1, -0.05) is 11.3 Å². The van der Waals surface area contributed by atoms with Crippen molar-refractivity contribution in [3.8, 4) is 0 Å². The molecule has 92 valence electrons. The van der Waals surface area contributed by atoms with E-state index < -0.39 is 0 Å². The van der Waals surface area contributed by atoms with Crippen molar-refractivity contribution < 1.29 is 22.1 Å². The third kappa shape index (κ3) is 3.49. The van der Waals surface area contributed by atoms with Gasteiger partial charge < -0.3 is 17.5 Å². The number of pyridine rings is 1. The Morgan fingerprint density at radius 3 is 2.94 bits per heavy atom. The second-order valence-electron chi connectivity index (χ2n) is 3.69. The summed E-state index contributed by atoms with van der Waals surface area (Å²) in [5.74, 6) is 0. The van der Waals surface area contributed by atoms with Gasteiger partial charge in [-0.25, -0.2) is 0 Å². The van der Waals surface area contributed by atoms with Crippen LogP contribution in [0.1, 0.15) is 16.1 Å². The van der Waals surface area contributed by atoms with Crippen LogP contribution in [0.15, 0.2) is 30.0 Å². The van der Waals surface area contributed by atoms with E-state index in [1.807, 2.05) is 12.3 Å². The number of rotatable bonds is 4. The fourth-order valence-corrected chi connectivity index (χ4v) is 2.62. The summed E-state index contributed by atoms with van der Waals surface area (Å²) in [6.07, 6.45) is 4.41. The van der Waals surface area contributed by atoms with Gasteiger partial charge in [0.1, 0.15) is 0 Å². The summed E-state index contributed by atoms with van der Waals surface area (Å²) in [7, 11) is 0. The first kappa shape index (κ1) is 14.1. The Hall–Kier alpha value is -0.970. The molecule has 0 atom stereocenters. The number of nitrogens with zero attached hydrogens (tertiary/aromatic N) is 2. The summed E-state index contributed by atoms with van der Waals surface area (Å²) >= 11 is 1.70. The molecule has 0 saturated carbocycles. The van der Waals surface area contributed by atoms with Crippen LogP contribution in [-0.2, 0) is 13.0 Å². The summed E-state index contributed by atoms with van der Waals surface area (Å²) in [4.78, 5) is 5.36. The topological polar surface area (TPSA) is 37.0 Å². The Labute approximate surface area is 111 Å². The van der Waals surface area contributed by atoms with Gasteiger partial charge in [-0.15, -0.1) is 0 Å². The lowest BCUT2D eigenvalue weighted by Crippen LogP contribution is -3.00. The molecule has 0 bridgehead atoms. The Balaban J connectivity index is 0.00000144. The number of aromatic nitrogens is 2. The molecule has 0 fully saturated rings. The summed E-state index contributed by atoms with van der Waals surface area (Å²) < 4.78 is 2.20. The first-order valence-electron chi connectivity index (χ1n) is 5.27. The van der Waals surface area contributed by atoms with Crippen LogP contribution in [0.5, 0.6) is 0 Å². The quantitative estimate of drug-likeness (QED) is 0.675. The van der Waals surface area contributed by atoms with E-state index in [0.717, 1.165) is 13.0 Å². The first-order valence-corrected chi connectivity index (χ1v) is 6.15. The van der Waals surface area contributed by atoms with E-state index in [-0.39, 0.29) is 19.0 Å². The van der Waals surface area contributed by atoms with Crippen LogP contribution in [0.25, 0.3) is 0 Å². The van der Waals surface area contributed by atoms with Crippen LogP contribution < -0.4 is 17.0 Å². The molecule has 1 N–H and O–H groups in total. The zero-order chi connectivity index (χ0) is 11.4. The number of hydrogen-bond donors (Lipinski definition) is 1. The van der Waals surface area contributed by atoms with Crippen LogP contribution >= 0.6 is 11.3 Å². The Bertz CT molecular complexity index is 459. The Morgan fingerprint density at radius 1 is 1.47 bits per heavy atom. The standard InChI is InChI=1S/C12H15N2OS.ClH/c1-10-12(4-6-15)16-9-14(10)8-11-3-2-5-13-7-11;/h2-3,5,7,9,15H,4,6,8H2,1H3;1H/q+1;/p-1. The number of thiazole rings is 1. The van der Waals surface area contributed by atoms with Gasteiger partial charge in [-0.05, 0) is 12.1 Å². The summed E-state index contributed by atoms with van der Waals surface area (Å²) in [5.41, 5.74) is 4.54. The third-order valence-electron chi connectivity index (χ3n) is 2.57. The molecule has 0 aliphatic carbocycles. The monoisotopic (exact) mass is 270 g/mol. The molecular formula is C12H15ClN2OS. The van der Waals surface area contributed by atoms with Gasteiger partial charge in [0.25, 0.3) is 0 Å². The van der Waals surface area contributed by atoms with Crippen molar-refractivity contribution in [3.63, 3.8) is 0 Å². The van der Waals surface area contributed by atoms with Crippen LogP contribution in [0.3, 0.4) is 0 Å². The van der Waals surface area contributed by atoms with Gasteiger partial charge in [-0.3, -0.25) is 4.98 Å². The van der Waals surface area contributed by atoms with Crippen LogP contribution in [0.2, 0.25) is 0 Å². The number of hydrogen-bond acceptors (Lipinski definition) is 3. The molecule has 3 nitrogen and oxygen atoms in total. The van der Waals surface area contributed by atoms with Crippen molar-refractivity contribution in [2.24, 2.45) is 0 Å². The van der Waals surface area contributed by atoms with Crippen molar-refractivity contribution in [1.29, 1.82) is 0 Å². The van der Waals surface area contributed by atoms with Gasteiger partial charge in [0.15, 0.2) is 12.2 Å². The molecule has 0 aliphatic rings. The van der Waals surface area contributed by atoms with Crippen LogP contribution in [-0.4, -0.2) is 16.7 Å². The normalized spacial score (nSPS) is 10.0. The molecule has 0 spiro atoms. The van der Waals surface area contributed by atoms with Crippen molar-refractivity contribution in [2.45, 2.75) is 19.9 Å². The average molecular weight is 271 g/mol. The largest absolute Gasteiger partial charge is 1.00 e. The van der Waals surface area contributed by atoms with Gasteiger partial charge in [0, 0.05) is 37.9 Å². The highest BCUT2D eigenvalue weighted by Crippen LogP contribution is 2.11. The molecule has 0 amide bonds. The van der Waals surface area contributed by atoms with Gasteiger partial charge in [-0.2, -0.15) is 4.57 Å². The highest BCUT2D eigenvalue weighted by Gasteiger charge is 2.14. The molecule has 2 heterocycles. The van der Waals surface area contributed by atoms with E-state index >= 15 is 0 Å². The predicted molar refractivity (Wildman–Crippen MR) is 63.4 cm³/mol. The number of halogens is 1. The molecule has 2 aromatic rings. The van der Waals surface area contributed by atoms with E-state index in [9.17, 15) is 0 Å². The lowest BCUT2D eigenvalue weighted by atomic mass is 10.2. The molecule has 5 heteroatoms. The SMILES string of the molecule is Cc1c(CCO)sc[n+]1Cc1cccnc1.[Cl-]. The van der Waals surface area contributed by atoms with Gasteiger partial charge in [0.05, 0.1) is 4.88 Å². The van der Waals surface area contributed by atoms with E-state index in [1.54, 1.807) is 17.5 Å². The fraction of sp³-hybridized carbons (Fsp3) is 0.333. The van der Waals surface area contributed by atoms with Crippen LogP contribution in [0, 0.1) is 6.92 Å². The molecule has 0 radical (unpaired) electrons. The fourth-order valence-electron chi connectivity index (χ4n) is 1.64. The molecule has 2 aromatic heterocycles. The minimum absolute atomic E-state index is 0. The maximum atomic E-state index is 8.93. The molecule has 0 saturated heterocycles. The highest BCUT2D eigenvalue weighted by molar-refractivity contribution is 7.09. The van der Waals surface area contributed by atoms with Gasteiger partial charge in [0.2, 0.25) is 5.51 Å². The lowest BCUT2D eigenvalue weighted by Gasteiger charge is -1.96.